The molecule has 0 radical (unpaired) electrons. The molecular weight excluding hydrogens is 580 g/mol. The molecule has 0 spiro atoms. The third kappa shape index (κ3) is 8.55. The second-order valence-corrected chi connectivity index (χ2v) is 10.7. The Hall–Kier alpha value is -4.43. The van der Waals surface area contributed by atoms with Crippen LogP contribution in [0.15, 0.2) is 70.9 Å². The molecule has 2 aromatic carbocycles. The van der Waals surface area contributed by atoms with E-state index in [1.165, 1.54) is 27.7 Å². The highest BCUT2D eigenvalue weighted by Gasteiger charge is 2.53. The van der Waals surface area contributed by atoms with Crippen molar-refractivity contribution in [2.75, 3.05) is 6.61 Å². The number of thioether (sulfide) groups is 1. The molecule has 0 amide bonds. The van der Waals surface area contributed by atoms with Gasteiger partial charge in [-0.3, -0.25) is 24.6 Å². The number of carbonyl (C=O) groups is 4. The Kier molecular flexibility index (Phi) is 10.7. The maximum absolute atomic E-state index is 12.2. The number of esters is 4. The summed E-state index contributed by atoms with van der Waals surface area (Å²) in [6, 6.07) is 18.9. The number of rotatable bonds is 10. The zero-order valence-corrected chi connectivity index (χ0v) is 24.8. The number of hydrogen-bond acceptors (Lipinski definition) is 14. The van der Waals surface area contributed by atoms with Crippen LogP contribution >= 0.6 is 11.8 Å². The number of benzene rings is 2. The van der Waals surface area contributed by atoms with Crippen LogP contribution in [0.1, 0.15) is 38.8 Å². The van der Waals surface area contributed by atoms with Gasteiger partial charge in [-0.2, -0.15) is 10.2 Å². The SMILES string of the molecule is CC(=O)OC[C@H]1O[C@@H](SC2NN=C(c3ccccc3)N2/N=C/c2ccccc2)[C@H](OC(C)=O)[C@@H](OC(C)=O)[C@@H]1OC(C)=O. The highest BCUT2D eigenvalue weighted by atomic mass is 32.2. The third-order valence-corrected chi connectivity index (χ3v) is 7.30. The summed E-state index contributed by atoms with van der Waals surface area (Å²) in [6.07, 6.45) is -3.16. The molecule has 6 atom stereocenters. The zero-order chi connectivity index (χ0) is 30.9. The molecule has 1 fully saturated rings. The van der Waals surface area contributed by atoms with E-state index in [4.69, 9.17) is 28.8 Å². The van der Waals surface area contributed by atoms with Gasteiger partial charge in [0, 0.05) is 33.3 Å². The maximum atomic E-state index is 12.2. The van der Waals surface area contributed by atoms with Crippen LogP contribution in [0, 0.1) is 0 Å². The molecule has 2 aromatic rings. The van der Waals surface area contributed by atoms with Gasteiger partial charge >= 0.3 is 23.9 Å². The lowest BCUT2D eigenvalue weighted by Crippen LogP contribution is -2.62. The molecule has 0 bridgehead atoms. The summed E-state index contributed by atoms with van der Waals surface area (Å²) in [5, 5.41) is 10.8. The van der Waals surface area contributed by atoms with Crippen LogP contribution in [0.3, 0.4) is 0 Å². The highest BCUT2D eigenvalue weighted by Crippen LogP contribution is 2.37. The minimum absolute atomic E-state index is 0.325. The van der Waals surface area contributed by atoms with E-state index in [9.17, 15) is 19.2 Å². The van der Waals surface area contributed by atoms with Crippen molar-refractivity contribution in [2.24, 2.45) is 10.2 Å². The molecule has 0 saturated carbocycles. The molecule has 1 saturated heterocycles. The Morgan fingerprint density at radius 2 is 1.44 bits per heavy atom. The first-order valence-corrected chi connectivity index (χ1v) is 14.3. The first-order valence-electron chi connectivity index (χ1n) is 13.3. The Morgan fingerprint density at radius 3 is 2.05 bits per heavy atom. The van der Waals surface area contributed by atoms with Crippen LogP contribution in [0.5, 0.6) is 0 Å². The minimum Gasteiger partial charge on any atom is -0.463 e. The van der Waals surface area contributed by atoms with Crippen molar-refractivity contribution in [1.29, 1.82) is 0 Å². The van der Waals surface area contributed by atoms with E-state index in [1.807, 2.05) is 60.7 Å². The number of hydrogen-bond donors (Lipinski definition) is 1. The first-order chi connectivity index (χ1) is 20.6. The van der Waals surface area contributed by atoms with E-state index in [2.05, 4.69) is 10.5 Å². The van der Waals surface area contributed by atoms with Crippen molar-refractivity contribution in [2.45, 2.75) is 63.0 Å². The Bertz CT molecular complexity index is 1360. The average Bonchev–Trinajstić information content (AvgIpc) is 3.36. The van der Waals surface area contributed by atoms with E-state index in [1.54, 1.807) is 11.2 Å². The Balaban J connectivity index is 1.69. The average molecular weight is 613 g/mol. The summed E-state index contributed by atoms with van der Waals surface area (Å²) < 4.78 is 28.1. The largest absolute Gasteiger partial charge is 0.463 e. The van der Waals surface area contributed by atoms with E-state index in [0.29, 0.717) is 5.84 Å². The van der Waals surface area contributed by atoms with E-state index in [0.717, 1.165) is 22.9 Å². The van der Waals surface area contributed by atoms with Gasteiger partial charge in [-0.25, -0.2) is 5.01 Å². The summed E-state index contributed by atoms with van der Waals surface area (Å²) in [7, 11) is 0. The molecule has 228 valence electrons. The molecule has 2 aliphatic heterocycles. The predicted octanol–water partition coefficient (Wildman–Crippen LogP) is 2.39. The monoisotopic (exact) mass is 612 g/mol. The summed E-state index contributed by atoms with van der Waals surface area (Å²) >= 11 is 1.12. The molecule has 14 heteroatoms. The second-order valence-electron chi connectivity index (χ2n) is 9.49. The summed E-state index contributed by atoms with van der Waals surface area (Å²) in [5.74, 6) is -2.18. The van der Waals surface area contributed by atoms with Gasteiger partial charge in [0.05, 0.1) is 6.21 Å². The number of nitrogens with zero attached hydrogens (tertiary/aromatic N) is 3. The van der Waals surface area contributed by atoms with Gasteiger partial charge in [-0.1, -0.05) is 72.4 Å². The topological polar surface area (TPSA) is 154 Å². The molecule has 13 nitrogen and oxygen atoms in total. The van der Waals surface area contributed by atoms with E-state index >= 15 is 0 Å². The van der Waals surface area contributed by atoms with Crippen molar-refractivity contribution in [3.05, 3.63) is 71.8 Å². The van der Waals surface area contributed by atoms with Crippen LogP contribution in [-0.4, -0.2) is 82.9 Å². The van der Waals surface area contributed by atoms with Gasteiger partial charge in [0.15, 0.2) is 29.6 Å². The van der Waals surface area contributed by atoms with Gasteiger partial charge in [-0.15, -0.1) is 0 Å². The number of nitrogens with one attached hydrogen (secondary N) is 1. The summed E-state index contributed by atoms with van der Waals surface area (Å²) in [6.45, 7) is 4.43. The van der Waals surface area contributed by atoms with Gasteiger partial charge in [-0.05, 0) is 5.56 Å². The molecular formula is C29H32N4O9S. The number of hydrazone groups is 2. The normalized spacial score (nSPS) is 24.9. The lowest BCUT2D eigenvalue weighted by Gasteiger charge is -2.44. The molecule has 2 aliphatic rings. The van der Waals surface area contributed by atoms with Crippen molar-refractivity contribution in [3.63, 3.8) is 0 Å². The molecule has 1 N–H and O–H groups in total. The zero-order valence-electron chi connectivity index (χ0n) is 23.9. The predicted molar refractivity (Wildman–Crippen MR) is 155 cm³/mol. The first kappa shape index (κ1) is 31.5. The van der Waals surface area contributed by atoms with Crippen LogP contribution in [0.2, 0.25) is 0 Å². The Labute approximate surface area is 252 Å². The quantitative estimate of drug-likeness (QED) is 0.238. The molecule has 1 unspecified atom stereocenters. The lowest BCUT2D eigenvalue weighted by molar-refractivity contribution is -0.237. The number of ether oxygens (including phenoxy) is 5. The van der Waals surface area contributed by atoms with Crippen LogP contribution < -0.4 is 5.43 Å². The maximum Gasteiger partial charge on any atom is 0.303 e. The van der Waals surface area contributed by atoms with Crippen molar-refractivity contribution < 1.29 is 42.9 Å². The summed E-state index contributed by atoms with van der Waals surface area (Å²) in [4.78, 5) is 48.1. The third-order valence-electron chi connectivity index (χ3n) is 6.09. The smallest absolute Gasteiger partial charge is 0.303 e. The van der Waals surface area contributed by atoms with Crippen LogP contribution in [0.25, 0.3) is 0 Å². The lowest BCUT2D eigenvalue weighted by atomic mass is 9.99. The van der Waals surface area contributed by atoms with Crippen LogP contribution in [-0.2, 0) is 42.9 Å². The van der Waals surface area contributed by atoms with Crippen molar-refractivity contribution >= 4 is 47.7 Å². The van der Waals surface area contributed by atoms with E-state index < -0.39 is 59.2 Å². The van der Waals surface area contributed by atoms with Crippen molar-refractivity contribution in [1.82, 2.24) is 10.4 Å². The second kappa shape index (κ2) is 14.6. The van der Waals surface area contributed by atoms with Gasteiger partial charge in [0.1, 0.15) is 18.1 Å². The van der Waals surface area contributed by atoms with Gasteiger partial charge < -0.3 is 23.7 Å². The molecule has 0 aromatic heterocycles. The minimum atomic E-state index is -1.28. The molecule has 0 aliphatic carbocycles. The fraction of sp³-hybridized carbons (Fsp3) is 0.379. The number of carbonyl (C=O) groups excluding carboxylic acids is 4. The fourth-order valence-electron chi connectivity index (χ4n) is 4.41. The molecule has 43 heavy (non-hydrogen) atoms. The van der Waals surface area contributed by atoms with Crippen LogP contribution in [0.4, 0.5) is 0 Å². The standard InChI is InChI=1S/C29H32N4O9S/c1-17(34)38-16-23-24(39-18(2)35)25(40-19(3)36)26(41-20(4)37)28(42-23)43-29-32-31-27(22-13-9-6-10-14-22)33(29)30-15-21-11-7-5-8-12-21/h5-15,23-26,28-29,32H,16H2,1-4H3/b30-15+/t23-,24-,25+,26-,28+,29?/m1/s1. The van der Waals surface area contributed by atoms with Gasteiger partial charge in [0.2, 0.25) is 0 Å². The van der Waals surface area contributed by atoms with Gasteiger partial charge in [0.25, 0.3) is 0 Å². The summed E-state index contributed by atoms with van der Waals surface area (Å²) in [5.41, 5.74) is 2.94. The molecule has 4 rings (SSSR count). The van der Waals surface area contributed by atoms with E-state index in [-0.39, 0.29) is 6.61 Å². The number of amidine groups is 1. The van der Waals surface area contributed by atoms with Crippen molar-refractivity contribution in [3.8, 4) is 0 Å². The highest BCUT2D eigenvalue weighted by molar-refractivity contribution is 8.00. The Morgan fingerprint density at radius 1 is 0.860 bits per heavy atom. The fourth-order valence-corrected chi connectivity index (χ4v) is 5.62. The molecule has 2 heterocycles.